The fraction of sp³-hybridized carbons (Fsp3) is 0.450. The Hall–Kier alpha value is -1.63. The maximum absolute atomic E-state index is 10.3. The van der Waals surface area contributed by atoms with E-state index in [9.17, 15) is 4.79 Å². The van der Waals surface area contributed by atoms with Crippen LogP contribution in [0.5, 0.6) is 0 Å². The zero-order chi connectivity index (χ0) is 15.9. The normalized spacial score (nSPS) is 20.6. The maximum atomic E-state index is 10.3. The van der Waals surface area contributed by atoms with Crippen molar-refractivity contribution in [3.8, 4) is 0 Å². The molecule has 1 heteroatoms. The first kappa shape index (κ1) is 17.4. The van der Waals surface area contributed by atoms with Crippen molar-refractivity contribution in [2.75, 3.05) is 0 Å². The average Bonchev–Trinajstić information content (AvgIpc) is 2.37. The van der Waals surface area contributed by atoms with Crippen LogP contribution in [0.2, 0.25) is 0 Å². The van der Waals surface area contributed by atoms with E-state index in [1.165, 1.54) is 36.0 Å². The monoisotopic (exact) mass is 284 g/mol. The lowest BCUT2D eigenvalue weighted by molar-refractivity contribution is -0.104. The van der Waals surface area contributed by atoms with Crippen LogP contribution in [0.25, 0.3) is 0 Å². The van der Waals surface area contributed by atoms with E-state index in [4.69, 9.17) is 0 Å². The molecule has 0 spiro atoms. The summed E-state index contributed by atoms with van der Waals surface area (Å²) in [5.74, 6) is 0. The predicted molar refractivity (Wildman–Crippen MR) is 92.2 cm³/mol. The Labute approximate surface area is 129 Å². The second-order valence-electron chi connectivity index (χ2n) is 6.58. The number of hydrogen-bond donors (Lipinski definition) is 0. The van der Waals surface area contributed by atoms with Crippen LogP contribution in [-0.4, -0.2) is 6.29 Å². The smallest absolute Gasteiger partial charge is 0.143 e. The fourth-order valence-corrected chi connectivity index (χ4v) is 2.80. The van der Waals surface area contributed by atoms with Crippen molar-refractivity contribution in [3.05, 3.63) is 58.7 Å². The van der Waals surface area contributed by atoms with Gasteiger partial charge in [-0.2, -0.15) is 0 Å². The summed E-state index contributed by atoms with van der Waals surface area (Å²) in [6, 6.07) is 0. The van der Waals surface area contributed by atoms with E-state index in [1.807, 2.05) is 19.1 Å². The van der Waals surface area contributed by atoms with Gasteiger partial charge in [0.2, 0.25) is 0 Å². The quantitative estimate of drug-likeness (QED) is 0.358. The molecule has 0 aromatic carbocycles. The zero-order valence-corrected chi connectivity index (χ0v) is 14.1. The van der Waals surface area contributed by atoms with Crippen molar-refractivity contribution in [2.45, 2.75) is 53.9 Å². The van der Waals surface area contributed by atoms with Gasteiger partial charge < -0.3 is 0 Å². The average molecular weight is 284 g/mol. The second-order valence-corrected chi connectivity index (χ2v) is 6.58. The van der Waals surface area contributed by atoms with Gasteiger partial charge in [-0.25, -0.2) is 0 Å². The van der Waals surface area contributed by atoms with Gasteiger partial charge in [-0.05, 0) is 62.7 Å². The third-order valence-electron chi connectivity index (χ3n) is 4.10. The molecule has 0 aromatic rings. The standard InChI is InChI=1S/C20H28O/c1-16(8-6-9-17(2)13-15-21)11-12-19-18(3)10-7-14-20(19,4)5/h6,8-9,11-13,15H,7,10,14H2,1-5H3/b9-6-,12-11+,16-8+,17-13-. The highest BCUT2D eigenvalue weighted by Gasteiger charge is 2.26. The molecule has 0 aromatic heterocycles. The molecule has 1 aliphatic rings. The first-order valence-corrected chi connectivity index (χ1v) is 7.72. The largest absolute Gasteiger partial charge is 0.299 e. The van der Waals surface area contributed by atoms with Crippen LogP contribution >= 0.6 is 0 Å². The summed E-state index contributed by atoms with van der Waals surface area (Å²) in [6.07, 6.45) is 16.6. The summed E-state index contributed by atoms with van der Waals surface area (Å²) in [5.41, 5.74) is 5.48. The highest BCUT2D eigenvalue weighted by Crippen LogP contribution is 2.40. The van der Waals surface area contributed by atoms with E-state index in [0.29, 0.717) is 0 Å². The molecule has 0 fully saturated rings. The number of aldehydes is 1. The molecule has 0 radical (unpaired) electrons. The van der Waals surface area contributed by atoms with Crippen LogP contribution in [-0.2, 0) is 4.79 Å². The van der Waals surface area contributed by atoms with E-state index in [1.54, 1.807) is 6.08 Å². The van der Waals surface area contributed by atoms with Crippen molar-refractivity contribution in [2.24, 2.45) is 5.41 Å². The number of hydrogen-bond acceptors (Lipinski definition) is 1. The second kappa shape index (κ2) is 7.97. The first-order valence-electron chi connectivity index (χ1n) is 7.72. The Balaban J connectivity index is 2.80. The van der Waals surface area contributed by atoms with Gasteiger partial charge in [0.05, 0.1) is 0 Å². The lowest BCUT2D eigenvalue weighted by Crippen LogP contribution is -2.19. The van der Waals surface area contributed by atoms with Crippen LogP contribution in [0.1, 0.15) is 53.9 Å². The van der Waals surface area contributed by atoms with Crippen LogP contribution in [0.3, 0.4) is 0 Å². The minimum atomic E-state index is 0.290. The minimum Gasteiger partial charge on any atom is -0.299 e. The molecule has 1 rings (SSSR count). The van der Waals surface area contributed by atoms with Gasteiger partial charge in [0.15, 0.2) is 0 Å². The molecule has 0 atom stereocenters. The zero-order valence-electron chi connectivity index (χ0n) is 14.1. The first-order chi connectivity index (χ1) is 9.86. The van der Waals surface area contributed by atoms with Crippen molar-refractivity contribution in [1.82, 2.24) is 0 Å². The molecule has 0 amide bonds. The minimum absolute atomic E-state index is 0.290. The molecule has 1 nitrogen and oxygen atoms in total. The van der Waals surface area contributed by atoms with Gasteiger partial charge in [-0.1, -0.05) is 55.4 Å². The van der Waals surface area contributed by atoms with E-state index >= 15 is 0 Å². The SMILES string of the molecule is CC1=C(/C=C/C(C)=C/C=C\C(C)=C/C=O)C(C)(C)CCC1. The van der Waals surface area contributed by atoms with E-state index < -0.39 is 0 Å². The van der Waals surface area contributed by atoms with Crippen molar-refractivity contribution < 1.29 is 4.79 Å². The van der Waals surface area contributed by atoms with Gasteiger partial charge in [-0.3, -0.25) is 4.79 Å². The molecule has 1 aliphatic carbocycles. The van der Waals surface area contributed by atoms with Crippen LogP contribution < -0.4 is 0 Å². The molecular formula is C20H28O. The molecule has 0 N–H and O–H groups in total. The topological polar surface area (TPSA) is 17.1 Å². The number of carbonyl (C=O) groups excluding carboxylic acids is 1. The predicted octanol–water partition coefficient (Wildman–Crippen LogP) is 5.72. The summed E-state index contributed by atoms with van der Waals surface area (Å²) in [4.78, 5) is 10.3. The summed E-state index contributed by atoms with van der Waals surface area (Å²) in [7, 11) is 0. The lowest BCUT2D eigenvalue weighted by Gasteiger charge is -2.32. The van der Waals surface area contributed by atoms with Crippen LogP contribution in [0.15, 0.2) is 58.7 Å². The molecule has 114 valence electrons. The van der Waals surface area contributed by atoms with Gasteiger partial charge in [0.1, 0.15) is 6.29 Å². The molecule has 0 saturated carbocycles. The third-order valence-corrected chi connectivity index (χ3v) is 4.10. The van der Waals surface area contributed by atoms with E-state index in [-0.39, 0.29) is 5.41 Å². The fourth-order valence-electron chi connectivity index (χ4n) is 2.80. The molecule has 0 heterocycles. The van der Waals surface area contributed by atoms with Crippen molar-refractivity contribution in [1.29, 1.82) is 0 Å². The third kappa shape index (κ3) is 5.71. The van der Waals surface area contributed by atoms with Crippen LogP contribution in [0, 0.1) is 5.41 Å². The summed E-state index contributed by atoms with van der Waals surface area (Å²) in [5, 5.41) is 0. The Morgan fingerprint density at radius 1 is 1.10 bits per heavy atom. The highest BCUT2D eigenvalue weighted by atomic mass is 16.1. The molecule has 0 bridgehead atoms. The number of allylic oxidation sites excluding steroid dienone is 10. The Bertz CT molecular complexity index is 522. The van der Waals surface area contributed by atoms with E-state index in [2.05, 4.69) is 45.9 Å². The maximum Gasteiger partial charge on any atom is 0.143 e. The summed E-state index contributed by atoms with van der Waals surface area (Å²) >= 11 is 0. The van der Waals surface area contributed by atoms with Gasteiger partial charge >= 0.3 is 0 Å². The number of carbonyl (C=O) groups is 1. The van der Waals surface area contributed by atoms with Gasteiger partial charge in [0, 0.05) is 0 Å². The summed E-state index contributed by atoms with van der Waals surface area (Å²) in [6.45, 7) is 10.9. The molecule has 0 aliphatic heterocycles. The van der Waals surface area contributed by atoms with Crippen LogP contribution in [0.4, 0.5) is 0 Å². The van der Waals surface area contributed by atoms with E-state index in [0.717, 1.165) is 11.9 Å². The van der Waals surface area contributed by atoms with Crippen molar-refractivity contribution in [3.63, 3.8) is 0 Å². The Morgan fingerprint density at radius 3 is 2.38 bits per heavy atom. The molecule has 0 unspecified atom stereocenters. The lowest BCUT2D eigenvalue weighted by atomic mass is 9.72. The molecule has 0 saturated heterocycles. The Morgan fingerprint density at radius 2 is 1.76 bits per heavy atom. The van der Waals surface area contributed by atoms with Gasteiger partial charge in [-0.15, -0.1) is 0 Å². The highest BCUT2D eigenvalue weighted by molar-refractivity contribution is 5.66. The Kier molecular flexibility index (Phi) is 6.61. The van der Waals surface area contributed by atoms with Crippen molar-refractivity contribution >= 4 is 6.29 Å². The molecular weight excluding hydrogens is 256 g/mol. The van der Waals surface area contributed by atoms with Gasteiger partial charge in [0.25, 0.3) is 0 Å². The molecule has 21 heavy (non-hydrogen) atoms. The number of rotatable bonds is 5. The summed E-state index contributed by atoms with van der Waals surface area (Å²) < 4.78 is 0.